The van der Waals surface area contributed by atoms with Crippen LogP contribution in [0.15, 0.2) is 29.8 Å². The van der Waals surface area contributed by atoms with Crippen LogP contribution in [0.25, 0.3) is 10.7 Å². The van der Waals surface area contributed by atoms with Crippen molar-refractivity contribution >= 4 is 11.3 Å². The van der Waals surface area contributed by atoms with E-state index in [-0.39, 0.29) is 5.41 Å². The lowest BCUT2D eigenvalue weighted by Crippen LogP contribution is -2.30. The molecule has 0 saturated carbocycles. The van der Waals surface area contributed by atoms with Gasteiger partial charge < -0.3 is 10.1 Å². The first kappa shape index (κ1) is 16.1. The highest BCUT2D eigenvalue weighted by atomic mass is 32.1. The zero-order chi connectivity index (χ0) is 15.1. The molecule has 0 aliphatic carbocycles. The minimum absolute atomic E-state index is 0.232. The van der Waals surface area contributed by atoms with E-state index in [1.807, 2.05) is 18.2 Å². The first-order valence-corrected chi connectivity index (χ1v) is 8.04. The monoisotopic (exact) mass is 305 g/mol. The van der Waals surface area contributed by atoms with Gasteiger partial charge in [-0.25, -0.2) is 4.98 Å². The molecule has 0 amide bonds. The van der Waals surface area contributed by atoms with Gasteiger partial charge in [-0.15, -0.1) is 11.3 Å². The molecule has 0 fully saturated rings. The van der Waals surface area contributed by atoms with Crippen LogP contribution < -0.4 is 5.32 Å². The van der Waals surface area contributed by atoms with Gasteiger partial charge in [0, 0.05) is 38.4 Å². The number of nitrogens with one attached hydrogen (secondary N) is 1. The van der Waals surface area contributed by atoms with E-state index in [0.717, 1.165) is 42.5 Å². The second kappa shape index (κ2) is 7.64. The largest absolute Gasteiger partial charge is 0.385 e. The standard InChI is InChI=1S/C16H23N3OS/c1-16(2,7-9-20-3)12-17-10-13-11-21-15(19-13)14-6-4-5-8-18-14/h4-6,8,11,17H,7,9-10,12H2,1-3H3. The third-order valence-corrected chi connectivity index (χ3v) is 4.24. The Labute approximate surface area is 130 Å². The van der Waals surface area contributed by atoms with Gasteiger partial charge in [0.25, 0.3) is 0 Å². The first-order chi connectivity index (χ1) is 10.1. The third-order valence-electron chi connectivity index (χ3n) is 3.33. The minimum Gasteiger partial charge on any atom is -0.385 e. The molecular formula is C16H23N3OS. The maximum atomic E-state index is 5.15. The summed E-state index contributed by atoms with van der Waals surface area (Å²) in [6.45, 7) is 7.04. The molecule has 2 heterocycles. The Morgan fingerprint density at radius 3 is 2.90 bits per heavy atom. The minimum atomic E-state index is 0.232. The highest BCUT2D eigenvalue weighted by Gasteiger charge is 2.17. The molecule has 0 aliphatic heterocycles. The van der Waals surface area contributed by atoms with Crippen molar-refractivity contribution in [2.24, 2.45) is 5.41 Å². The summed E-state index contributed by atoms with van der Waals surface area (Å²) in [4.78, 5) is 8.96. The number of ether oxygens (including phenoxy) is 1. The molecule has 0 aromatic carbocycles. The summed E-state index contributed by atoms with van der Waals surface area (Å²) >= 11 is 1.64. The van der Waals surface area contributed by atoms with Gasteiger partial charge in [-0.2, -0.15) is 0 Å². The number of methoxy groups -OCH3 is 1. The van der Waals surface area contributed by atoms with Gasteiger partial charge in [0.2, 0.25) is 0 Å². The summed E-state index contributed by atoms with van der Waals surface area (Å²) in [5, 5.41) is 6.56. The molecule has 2 aromatic rings. The summed E-state index contributed by atoms with van der Waals surface area (Å²) < 4.78 is 5.15. The smallest absolute Gasteiger partial charge is 0.142 e. The summed E-state index contributed by atoms with van der Waals surface area (Å²) in [5.41, 5.74) is 2.24. The summed E-state index contributed by atoms with van der Waals surface area (Å²) in [5.74, 6) is 0. The van der Waals surface area contributed by atoms with Gasteiger partial charge in [0.15, 0.2) is 0 Å². The Bertz CT molecular complexity index is 539. The fourth-order valence-corrected chi connectivity index (χ4v) is 2.79. The number of thiazole rings is 1. The molecule has 0 atom stereocenters. The molecule has 114 valence electrons. The maximum absolute atomic E-state index is 5.15. The quantitative estimate of drug-likeness (QED) is 0.812. The van der Waals surface area contributed by atoms with E-state index in [9.17, 15) is 0 Å². The van der Waals surface area contributed by atoms with E-state index < -0.39 is 0 Å². The molecular weight excluding hydrogens is 282 g/mol. The Hall–Kier alpha value is -1.30. The molecule has 0 saturated heterocycles. The summed E-state index contributed by atoms with van der Waals surface area (Å²) in [7, 11) is 1.75. The van der Waals surface area contributed by atoms with Gasteiger partial charge in [-0.1, -0.05) is 19.9 Å². The van der Waals surface area contributed by atoms with Crippen molar-refractivity contribution in [3.63, 3.8) is 0 Å². The van der Waals surface area contributed by atoms with Gasteiger partial charge in [-0.05, 0) is 24.0 Å². The lowest BCUT2D eigenvalue weighted by molar-refractivity contribution is 0.150. The first-order valence-electron chi connectivity index (χ1n) is 7.16. The van der Waals surface area contributed by atoms with Crippen LogP contribution in [-0.4, -0.2) is 30.2 Å². The van der Waals surface area contributed by atoms with Gasteiger partial charge in [-0.3, -0.25) is 4.98 Å². The van der Waals surface area contributed by atoms with Crippen molar-refractivity contribution in [2.75, 3.05) is 20.3 Å². The lowest BCUT2D eigenvalue weighted by atomic mass is 9.90. The van der Waals surface area contributed by atoms with E-state index in [1.54, 1.807) is 24.6 Å². The van der Waals surface area contributed by atoms with E-state index in [0.29, 0.717) is 0 Å². The van der Waals surface area contributed by atoms with Crippen molar-refractivity contribution in [3.05, 3.63) is 35.5 Å². The van der Waals surface area contributed by atoms with Gasteiger partial charge in [0.05, 0.1) is 11.4 Å². The van der Waals surface area contributed by atoms with Crippen LogP contribution in [0.5, 0.6) is 0 Å². The SMILES string of the molecule is COCCC(C)(C)CNCc1csc(-c2ccccn2)n1. The van der Waals surface area contributed by atoms with Crippen LogP contribution in [0.3, 0.4) is 0 Å². The summed E-state index contributed by atoms with van der Waals surface area (Å²) in [6, 6.07) is 5.89. The average Bonchev–Trinajstić information content (AvgIpc) is 2.95. The van der Waals surface area contributed by atoms with Crippen molar-refractivity contribution in [1.82, 2.24) is 15.3 Å². The zero-order valence-corrected chi connectivity index (χ0v) is 13.7. The Kier molecular flexibility index (Phi) is 5.85. The fraction of sp³-hybridized carbons (Fsp3) is 0.500. The van der Waals surface area contributed by atoms with E-state index >= 15 is 0 Å². The molecule has 0 spiro atoms. The van der Waals surface area contributed by atoms with Crippen molar-refractivity contribution in [2.45, 2.75) is 26.8 Å². The molecule has 0 aliphatic rings. The summed E-state index contributed by atoms with van der Waals surface area (Å²) in [6.07, 6.45) is 2.85. The highest BCUT2D eigenvalue weighted by Crippen LogP contribution is 2.22. The van der Waals surface area contributed by atoms with E-state index in [2.05, 4.69) is 34.5 Å². The molecule has 2 rings (SSSR count). The number of nitrogens with zero attached hydrogens (tertiary/aromatic N) is 2. The van der Waals surface area contributed by atoms with Crippen molar-refractivity contribution in [1.29, 1.82) is 0 Å². The van der Waals surface area contributed by atoms with E-state index in [1.165, 1.54) is 0 Å². The Balaban J connectivity index is 1.83. The lowest BCUT2D eigenvalue weighted by Gasteiger charge is -2.24. The van der Waals surface area contributed by atoms with Crippen LogP contribution in [-0.2, 0) is 11.3 Å². The van der Waals surface area contributed by atoms with Gasteiger partial charge >= 0.3 is 0 Å². The van der Waals surface area contributed by atoms with Gasteiger partial charge in [0.1, 0.15) is 5.01 Å². The van der Waals surface area contributed by atoms with E-state index in [4.69, 9.17) is 4.74 Å². The van der Waals surface area contributed by atoms with Crippen LogP contribution in [0.2, 0.25) is 0 Å². The van der Waals surface area contributed by atoms with Crippen LogP contribution in [0.4, 0.5) is 0 Å². The molecule has 0 bridgehead atoms. The second-order valence-electron chi connectivity index (χ2n) is 5.87. The predicted octanol–water partition coefficient (Wildman–Crippen LogP) is 3.36. The molecule has 21 heavy (non-hydrogen) atoms. The van der Waals surface area contributed by atoms with Crippen LogP contribution in [0.1, 0.15) is 26.0 Å². The molecule has 5 heteroatoms. The van der Waals surface area contributed by atoms with Crippen LogP contribution in [0, 0.1) is 5.41 Å². The molecule has 2 aromatic heterocycles. The topological polar surface area (TPSA) is 47.0 Å². The second-order valence-corrected chi connectivity index (χ2v) is 6.73. The van der Waals surface area contributed by atoms with Crippen LogP contribution >= 0.6 is 11.3 Å². The number of pyridine rings is 1. The van der Waals surface area contributed by atoms with Crippen molar-refractivity contribution in [3.8, 4) is 10.7 Å². The number of rotatable bonds is 8. The molecule has 0 radical (unpaired) electrons. The normalized spacial score (nSPS) is 11.8. The van der Waals surface area contributed by atoms with Crippen molar-refractivity contribution < 1.29 is 4.74 Å². The Morgan fingerprint density at radius 1 is 1.33 bits per heavy atom. The number of hydrogen-bond acceptors (Lipinski definition) is 5. The molecule has 0 unspecified atom stereocenters. The zero-order valence-electron chi connectivity index (χ0n) is 12.9. The Morgan fingerprint density at radius 2 is 2.19 bits per heavy atom. The number of hydrogen-bond donors (Lipinski definition) is 1. The average molecular weight is 305 g/mol. The highest BCUT2D eigenvalue weighted by molar-refractivity contribution is 7.13. The molecule has 1 N–H and O–H groups in total. The third kappa shape index (κ3) is 5.19. The molecule has 4 nitrogen and oxygen atoms in total. The number of aromatic nitrogens is 2. The maximum Gasteiger partial charge on any atom is 0.142 e. The fourth-order valence-electron chi connectivity index (χ4n) is 1.99. The predicted molar refractivity (Wildman–Crippen MR) is 87.3 cm³/mol.